The Labute approximate surface area is 112 Å². The van der Waals surface area contributed by atoms with E-state index in [0.29, 0.717) is 12.1 Å². The van der Waals surface area contributed by atoms with Crippen LogP contribution in [0.1, 0.15) is 33.0 Å². The molecule has 2 aromatic rings. The number of ketones is 1. The fraction of sp³-hybridized carbons (Fsp3) is 0.250. The number of pyridine rings is 1. The number of Topliss-reactive ketones (excluding diaryl/α,β-unsaturated/α-hetero) is 1. The molecule has 0 amide bonds. The Hall–Kier alpha value is -2.00. The minimum absolute atomic E-state index is 0.103. The Bertz CT molecular complexity index is 622. The van der Waals surface area contributed by atoms with Gasteiger partial charge in [0.25, 0.3) is 0 Å². The first-order chi connectivity index (χ1) is 9.25. The highest BCUT2D eigenvalue weighted by Crippen LogP contribution is 2.27. The molecule has 96 valence electrons. The monoisotopic (exact) mass is 252 g/mol. The summed E-state index contributed by atoms with van der Waals surface area (Å²) in [4.78, 5) is 16.7. The van der Waals surface area contributed by atoms with Crippen LogP contribution >= 0.6 is 0 Å². The number of aryl methyl sites for hydroxylation is 1. The summed E-state index contributed by atoms with van der Waals surface area (Å²) in [6, 6.07) is 10.1. The molecule has 0 spiro atoms. The SMILES string of the molecule is Cc1cncc(C(=O)C2CNCc3ccccc32)c1. The van der Waals surface area contributed by atoms with Crippen molar-refractivity contribution in [2.75, 3.05) is 6.54 Å². The number of benzene rings is 1. The average Bonchev–Trinajstić information content (AvgIpc) is 2.46. The van der Waals surface area contributed by atoms with Crippen LogP contribution < -0.4 is 5.32 Å². The fourth-order valence-electron chi connectivity index (χ4n) is 2.62. The summed E-state index contributed by atoms with van der Waals surface area (Å²) in [5, 5.41) is 3.32. The number of carbonyl (C=O) groups excluding carboxylic acids is 1. The summed E-state index contributed by atoms with van der Waals surface area (Å²) in [6.07, 6.45) is 3.43. The number of fused-ring (bicyclic) bond motifs is 1. The second-order valence-electron chi connectivity index (χ2n) is 5.00. The lowest BCUT2D eigenvalue weighted by Crippen LogP contribution is -2.32. The van der Waals surface area contributed by atoms with Crippen molar-refractivity contribution in [2.24, 2.45) is 0 Å². The fourth-order valence-corrected chi connectivity index (χ4v) is 2.62. The lowest BCUT2D eigenvalue weighted by Gasteiger charge is -2.25. The number of nitrogens with zero attached hydrogens (tertiary/aromatic N) is 1. The molecule has 19 heavy (non-hydrogen) atoms. The van der Waals surface area contributed by atoms with Gasteiger partial charge in [0.15, 0.2) is 5.78 Å². The Morgan fingerprint density at radius 1 is 1.32 bits per heavy atom. The maximum absolute atomic E-state index is 12.6. The zero-order chi connectivity index (χ0) is 13.2. The molecule has 0 bridgehead atoms. The minimum atomic E-state index is -0.103. The summed E-state index contributed by atoms with van der Waals surface area (Å²) in [6.45, 7) is 3.49. The van der Waals surface area contributed by atoms with Crippen molar-refractivity contribution in [1.29, 1.82) is 0 Å². The van der Waals surface area contributed by atoms with Crippen LogP contribution in [0.25, 0.3) is 0 Å². The van der Waals surface area contributed by atoms with Crippen LogP contribution in [-0.2, 0) is 6.54 Å². The molecule has 0 radical (unpaired) electrons. The second-order valence-corrected chi connectivity index (χ2v) is 5.00. The van der Waals surface area contributed by atoms with E-state index in [9.17, 15) is 4.79 Å². The first-order valence-corrected chi connectivity index (χ1v) is 6.50. The van der Waals surface area contributed by atoms with E-state index in [1.807, 2.05) is 25.1 Å². The van der Waals surface area contributed by atoms with Crippen molar-refractivity contribution in [3.63, 3.8) is 0 Å². The minimum Gasteiger partial charge on any atom is -0.312 e. The van der Waals surface area contributed by atoms with Gasteiger partial charge in [0, 0.05) is 31.0 Å². The Kier molecular flexibility index (Phi) is 3.13. The molecule has 0 saturated heterocycles. The number of rotatable bonds is 2. The van der Waals surface area contributed by atoms with E-state index in [1.165, 1.54) is 5.56 Å². The van der Waals surface area contributed by atoms with Crippen molar-refractivity contribution in [2.45, 2.75) is 19.4 Å². The van der Waals surface area contributed by atoms with Crippen LogP contribution in [0.4, 0.5) is 0 Å². The van der Waals surface area contributed by atoms with Gasteiger partial charge in [-0.25, -0.2) is 0 Å². The van der Waals surface area contributed by atoms with E-state index in [2.05, 4.69) is 22.4 Å². The third kappa shape index (κ3) is 2.29. The van der Waals surface area contributed by atoms with Gasteiger partial charge in [-0.05, 0) is 29.7 Å². The first-order valence-electron chi connectivity index (χ1n) is 6.50. The van der Waals surface area contributed by atoms with E-state index < -0.39 is 0 Å². The standard InChI is InChI=1S/C16H16N2O/c1-11-6-13(9-17-7-11)16(19)15-10-18-8-12-4-2-3-5-14(12)15/h2-7,9,15,18H,8,10H2,1H3. The number of nitrogens with one attached hydrogen (secondary N) is 1. The highest BCUT2D eigenvalue weighted by atomic mass is 16.1. The molecule has 3 nitrogen and oxygen atoms in total. The molecule has 1 aromatic heterocycles. The molecule has 1 aromatic carbocycles. The van der Waals surface area contributed by atoms with Crippen LogP contribution in [0, 0.1) is 6.92 Å². The van der Waals surface area contributed by atoms with Crippen LogP contribution in [0.5, 0.6) is 0 Å². The molecule has 0 aliphatic carbocycles. The van der Waals surface area contributed by atoms with Crippen molar-refractivity contribution in [3.05, 3.63) is 65.0 Å². The van der Waals surface area contributed by atoms with E-state index >= 15 is 0 Å². The zero-order valence-corrected chi connectivity index (χ0v) is 10.9. The predicted molar refractivity (Wildman–Crippen MR) is 74.2 cm³/mol. The smallest absolute Gasteiger partial charge is 0.173 e. The van der Waals surface area contributed by atoms with Gasteiger partial charge in [-0.15, -0.1) is 0 Å². The topological polar surface area (TPSA) is 42.0 Å². The summed E-state index contributed by atoms with van der Waals surface area (Å²) in [7, 11) is 0. The van der Waals surface area contributed by atoms with Crippen molar-refractivity contribution in [3.8, 4) is 0 Å². The number of hydrogen-bond acceptors (Lipinski definition) is 3. The molecule has 1 aliphatic rings. The van der Waals surface area contributed by atoms with Crippen molar-refractivity contribution in [1.82, 2.24) is 10.3 Å². The molecule has 0 saturated carbocycles. The van der Waals surface area contributed by atoms with Crippen molar-refractivity contribution >= 4 is 5.78 Å². The zero-order valence-electron chi connectivity index (χ0n) is 10.9. The predicted octanol–water partition coefficient (Wildman–Crippen LogP) is 2.46. The number of hydrogen-bond donors (Lipinski definition) is 1. The summed E-state index contributed by atoms with van der Waals surface area (Å²) in [5.41, 5.74) is 4.08. The van der Waals surface area contributed by atoms with Crippen LogP contribution in [0.3, 0.4) is 0 Å². The molecule has 1 unspecified atom stereocenters. The molecular formula is C16H16N2O. The highest BCUT2D eigenvalue weighted by Gasteiger charge is 2.26. The maximum atomic E-state index is 12.6. The van der Waals surface area contributed by atoms with Gasteiger partial charge in [0.2, 0.25) is 0 Å². The van der Waals surface area contributed by atoms with E-state index in [-0.39, 0.29) is 11.7 Å². The van der Waals surface area contributed by atoms with E-state index in [4.69, 9.17) is 0 Å². The highest BCUT2D eigenvalue weighted by molar-refractivity contribution is 6.01. The molecular weight excluding hydrogens is 236 g/mol. The van der Waals surface area contributed by atoms with Gasteiger partial charge < -0.3 is 5.32 Å². The van der Waals surface area contributed by atoms with Gasteiger partial charge >= 0.3 is 0 Å². The average molecular weight is 252 g/mol. The van der Waals surface area contributed by atoms with Crippen LogP contribution in [-0.4, -0.2) is 17.3 Å². The summed E-state index contributed by atoms with van der Waals surface area (Å²) in [5.74, 6) is 0.0457. The molecule has 1 aliphatic heterocycles. The van der Waals surface area contributed by atoms with Crippen molar-refractivity contribution < 1.29 is 4.79 Å². The van der Waals surface area contributed by atoms with Crippen LogP contribution in [0.15, 0.2) is 42.7 Å². The largest absolute Gasteiger partial charge is 0.312 e. The van der Waals surface area contributed by atoms with Gasteiger partial charge in [-0.3, -0.25) is 9.78 Å². The molecule has 1 atom stereocenters. The lowest BCUT2D eigenvalue weighted by atomic mass is 9.85. The molecule has 3 heteroatoms. The van der Waals surface area contributed by atoms with Gasteiger partial charge in [0.05, 0.1) is 5.92 Å². The van der Waals surface area contributed by atoms with Gasteiger partial charge in [-0.1, -0.05) is 24.3 Å². The Morgan fingerprint density at radius 3 is 3.00 bits per heavy atom. The summed E-state index contributed by atoms with van der Waals surface area (Å²) >= 11 is 0. The number of carbonyl (C=O) groups is 1. The molecule has 2 heterocycles. The maximum Gasteiger partial charge on any atom is 0.173 e. The van der Waals surface area contributed by atoms with Crippen LogP contribution in [0.2, 0.25) is 0 Å². The Balaban J connectivity index is 1.98. The molecule has 3 rings (SSSR count). The van der Waals surface area contributed by atoms with Gasteiger partial charge in [-0.2, -0.15) is 0 Å². The third-order valence-electron chi connectivity index (χ3n) is 3.57. The van der Waals surface area contributed by atoms with E-state index in [1.54, 1.807) is 12.4 Å². The van der Waals surface area contributed by atoms with E-state index in [0.717, 1.165) is 17.7 Å². The molecule has 0 fully saturated rings. The Morgan fingerprint density at radius 2 is 2.16 bits per heavy atom. The number of aromatic nitrogens is 1. The lowest BCUT2D eigenvalue weighted by molar-refractivity contribution is 0.0954. The third-order valence-corrected chi connectivity index (χ3v) is 3.57. The quantitative estimate of drug-likeness (QED) is 0.835. The van der Waals surface area contributed by atoms with Gasteiger partial charge in [0.1, 0.15) is 0 Å². The summed E-state index contributed by atoms with van der Waals surface area (Å²) < 4.78 is 0. The molecule has 1 N–H and O–H groups in total. The second kappa shape index (κ2) is 4.94. The normalized spacial score (nSPS) is 17.8. The first kappa shape index (κ1) is 12.1.